The van der Waals surface area contributed by atoms with E-state index in [0.717, 1.165) is 18.8 Å². The highest BCUT2D eigenvalue weighted by Gasteiger charge is 2.11. The van der Waals surface area contributed by atoms with Crippen molar-refractivity contribution in [1.29, 1.82) is 0 Å². The molecular weight excluding hydrogens is 328 g/mol. The Labute approximate surface area is 154 Å². The molecule has 138 valence electrons. The van der Waals surface area contributed by atoms with Gasteiger partial charge in [-0.1, -0.05) is 0 Å². The maximum absolute atomic E-state index is 12.5. The Balaban J connectivity index is 1.59. The van der Waals surface area contributed by atoms with Crippen LogP contribution in [0.5, 0.6) is 0 Å². The average Bonchev–Trinajstić information content (AvgIpc) is 2.70. The number of pyridine rings is 1. The number of anilines is 3. The Kier molecular flexibility index (Phi) is 6.44. The van der Waals surface area contributed by atoms with Crippen LogP contribution in [0.15, 0.2) is 42.6 Å². The Bertz CT molecular complexity index is 712. The van der Waals surface area contributed by atoms with Crippen molar-refractivity contribution < 1.29 is 9.53 Å². The molecule has 2 N–H and O–H groups in total. The first-order chi connectivity index (χ1) is 12.8. The Morgan fingerprint density at radius 1 is 1.15 bits per heavy atom. The van der Waals surface area contributed by atoms with Crippen molar-refractivity contribution in [2.24, 2.45) is 0 Å². The number of hydrogen-bond donors (Lipinski definition) is 2. The van der Waals surface area contributed by atoms with Gasteiger partial charge in [0.05, 0.1) is 6.61 Å². The van der Waals surface area contributed by atoms with Gasteiger partial charge in [-0.25, -0.2) is 4.98 Å². The summed E-state index contributed by atoms with van der Waals surface area (Å²) in [4.78, 5) is 19.1. The van der Waals surface area contributed by atoms with Crippen LogP contribution in [-0.4, -0.2) is 44.2 Å². The summed E-state index contributed by atoms with van der Waals surface area (Å²) >= 11 is 0. The van der Waals surface area contributed by atoms with Crippen molar-refractivity contribution in [3.63, 3.8) is 0 Å². The van der Waals surface area contributed by atoms with Crippen molar-refractivity contribution in [3.05, 3.63) is 48.2 Å². The van der Waals surface area contributed by atoms with Crippen molar-refractivity contribution in [3.8, 4) is 0 Å². The molecule has 6 heteroatoms. The summed E-state index contributed by atoms with van der Waals surface area (Å²) in [7, 11) is 1.65. The van der Waals surface area contributed by atoms with Gasteiger partial charge in [0.1, 0.15) is 5.82 Å². The van der Waals surface area contributed by atoms with Gasteiger partial charge in [-0.15, -0.1) is 0 Å². The largest absolute Gasteiger partial charge is 0.383 e. The number of nitrogens with zero attached hydrogens (tertiary/aromatic N) is 2. The van der Waals surface area contributed by atoms with Gasteiger partial charge < -0.3 is 20.3 Å². The lowest BCUT2D eigenvalue weighted by Gasteiger charge is -2.28. The van der Waals surface area contributed by atoms with E-state index < -0.39 is 0 Å². The fourth-order valence-corrected chi connectivity index (χ4v) is 3.06. The maximum atomic E-state index is 12.5. The highest BCUT2D eigenvalue weighted by atomic mass is 16.5. The standard InChI is InChI=1S/C20H26N4O2/c1-26-14-11-22-19-15-16(9-10-21-19)20(25)23-17-5-7-18(8-6-17)24-12-3-2-4-13-24/h5-10,15H,2-4,11-14H2,1H3,(H,21,22)(H,23,25). The van der Waals surface area contributed by atoms with Gasteiger partial charge in [0.2, 0.25) is 0 Å². The van der Waals surface area contributed by atoms with E-state index in [2.05, 4.69) is 32.7 Å². The van der Waals surface area contributed by atoms with Gasteiger partial charge in [0, 0.05) is 49.9 Å². The second kappa shape index (κ2) is 9.20. The van der Waals surface area contributed by atoms with Crippen molar-refractivity contribution in [2.45, 2.75) is 19.3 Å². The molecule has 1 aliphatic rings. The number of ether oxygens (including phenoxy) is 1. The number of methoxy groups -OCH3 is 1. The summed E-state index contributed by atoms with van der Waals surface area (Å²) < 4.78 is 5.00. The monoisotopic (exact) mass is 354 g/mol. The van der Waals surface area contributed by atoms with E-state index >= 15 is 0 Å². The fourth-order valence-electron chi connectivity index (χ4n) is 3.06. The van der Waals surface area contributed by atoms with Crippen molar-refractivity contribution in [2.75, 3.05) is 48.9 Å². The molecule has 0 bridgehead atoms. The van der Waals surface area contributed by atoms with E-state index in [-0.39, 0.29) is 5.91 Å². The van der Waals surface area contributed by atoms with E-state index in [4.69, 9.17) is 4.74 Å². The number of piperidine rings is 1. The number of amides is 1. The number of nitrogens with one attached hydrogen (secondary N) is 2. The van der Waals surface area contributed by atoms with Gasteiger partial charge in [-0.3, -0.25) is 4.79 Å². The third-order valence-electron chi connectivity index (χ3n) is 4.48. The molecule has 0 radical (unpaired) electrons. The molecule has 0 atom stereocenters. The van der Waals surface area contributed by atoms with Gasteiger partial charge in [0.25, 0.3) is 5.91 Å². The summed E-state index contributed by atoms with van der Waals surface area (Å²) in [6.07, 6.45) is 5.45. The highest BCUT2D eigenvalue weighted by molar-refractivity contribution is 6.04. The van der Waals surface area contributed by atoms with Crippen molar-refractivity contribution in [1.82, 2.24) is 4.98 Å². The van der Waals surface area contributed by atoms with Crippen LogP contribution in [0.2, 0.25) is 0 Å². The molecule has 6 nitrogen and oxygen atoms in total. The molecular formula is C20H26N4O2. The summed E-state index contributed by atoms with van der Waals surface area (Å²) in [5.74, 6) is 0.517. The van der Waals surface area contributed by atoms with Gasteiger partial charge in [-0.05, 0) is 55.7 Å². The van der Waals surface area contributed by atoms with Crippen LogP contribution >= 0.6 is 0 Å². The normalized spacial score (nSPS) is 14.1. The minimum atomic E-state index is -0.145. The predicted molar refractivity (Wildman–Crippen MR) is 105 cm³/mol. The maximum Gasteiger partial charge on any atom is 0.255 e. The van der Waals surface area contributed by atoms with Gasteiger partial charge in [-0.2, -0.15) is 0 Å². The summed E-state index contributed by atoms with van der Waals surface area (Å²) in [6.45, 7) is 3.46. The van der Waals surface area contributed by atoms with E-state index in [1.165, 1.54) is 24.9 Å². The lowest BCUT2D eigenvalue weighted by Crippen LogP contribution is -2.29. The molecule has 26 heavy (non-hydrogen) atoms. The molecule has 1 aliphatic heterocycles. The highest BCUT2D eigenvalue weighted by Crippen LogP contribution is 2.22. The van der Waals surface area contributed by atoms with Crippen LogP contribution in [0, 0.1) is 0 Å². The SMILES string of the molecule is COCCNc1cc(C(=O)Nc2ccc(N3CCCCC3)cc2)ccn1. The zero-order valence-electron chi connectivity index (χ0n) is 15.2. The number of carbonyl (C=O) groups excluding carboxylic acids is 1. The van der Waals surface area contributed by atoms with Crippen LogP contribution < -0.4 is 15.5 Å². The first-order valence-corrected chi connectivity index (χ1v) is 9.11. The van der Waals surface area contributed by atoms with E-state index in [1.807, 2.05) is 12.1 Å². The lowest BCUT2D eigenvalue weighted by atomic mass is 10.1. The molecule has 0 unspecified atom stereocenters. The van der Waals surface area contributed by atoms with Gasteiger partial charge >= 0.3 is 0 Å². The lowest BCUT2D eigenvalue weighted by molar-refractivity contribution is 0.102. The Morgan fingerprint density at radius 3 is 2.65 bits per heavy atom. The summed E-state index contributed by atoms with van der Waals surface area (Å²) in [6, 6.07) is 11.5. The molecule has 2 heterocycles. The Hall–Kier alpha value is -2.60. The number of rotatable bonds is 7. The molecule has 1 amide bonds. The van der Waals surface area contributed by atoms with E-state index in [0.29, 0.717) is 24.5 Å². The van der Waals surface area contributed by atoms with E-state index in [9.17, 15) is 4.79 Å². The molecule has 3 rings (SSSR count). The molecule has 2 aromatic rings. The molecule has 1 saturated heterocycles. The molecule has 1 fully saturated rings. The fraction of sp³-hybridized carbons (Fsp3) is 0.400. The first kappa shape index (κ1) is 18.2. The molecule has 1 aromatic carbocycles. The molecule has 0 saturated carbocycles. The first-order valence-electron chi connectivity index (χ1n) is 9.11. The smallest absolute Gasteiger partial charge is 0.255 e. The topological polar surface area (TPSA) is 66.5 Å². The van der Waals surface area contributed by atoms with Crippen LogP contribution in [-0.2, 0) is 4.74 Å². The number of benzene rings is 1. The predicted octanol–water partition coefficient (Wildman–Crippen LogP) is 3.38. The average molecular weight is 354 g/mol. The summed E-state index contributed by atoms with van der Waals surface area (Å²) in [5, 5.41) is 6.07. The zero-order valence-corrected chi connectivity index (χ0v) is 15.2. The Morgan fingerprint density at radius 2 is 1.92 bits per heavy atom. The number of hydrogen-bond acceptors (Lipinski definition) is 5. The van der Waals surface area contributed by atoms with Crippen LogP contribution in [0.1, 0.15) is 29.6 Å². The minimum absolute atomic E-state index is 0.145. The second-order valence-corrected chi connectivity index (χ2v) is 6.40. The van der Waals surface area contributed by atoms with Crippen LogP contribution in [0.3, 0.4) is 0 Å². The third kappa shape index (κ3) is 4.95. The van der Waals surface area contributed by atoms with Crippen LogP contribution in [0.4, 0.5) is 17.2 Å². The van der Waals surface area contributed by atoms with Crippen molar-refractivity contribution >= 4 is 23.1 Å². The quantitative estimate of drug-likeness (QED) is 0.746. The van der Waals surface area contributed by atoms with E-state index in [1.54, 1.807) is 25.4 Å². The summed E-state index contributed by atoms with van der Waals surface area (Å²) in [5.41, 5.74) is 2.58. The third-order valence-corrected chi connectivity index (χ3v) is 4.48. The molecule has 0 aliphatic carbocycles. The number of carbonyl (C=O) groups is 1. The van der Waals surface area contributed by atoms with Crippen LogP contribution in [0.25, 0.3) is 0 Å². The molecule has 0 spiro atoms. The minimum Gasteiger partial charge on any atom is -0.383 e. The second-order valence-electron chi connectivity index (χ2n) is 6.40. The van der Waals surface area contributed by atoms with Gasteiger partial charge in [0.15, 0.2) is 0 Å². The number of aromatic nitrogens is 1. The zero-order chi connectivity index (χ0) is 18.2. The molecule has 1 aromatic heterocycles.